The first-order chi connectivity index (χ1) is 15.8. The number of rotatable bonds is 10. The van der Waals surface area contributed by atoms with Gasteiger partial charge in [0.05, 0.1) is 6.04 Å². The van der Waals surface area contributed by atoms with Crippen LogP contribution in [0.3, 0.4) is 0 Å². The molecule has 0 radical (unpaired) electrons. The number of hydrogen-bond acceptors (Lipinski definition) is 2. The second kappa shape index (κ2) is 11.8. The van der Waals surface area contributed by atoms with Crippen LogP contribution in [0.2, 0.25) is 18.1 Å². The molecule has 0 aromatic heterocycles. The van der Waals surface area contributed by atoms with E-state index in [0.717, 1.165) is 11.1 Å². The van der Waals surface area contributed by atoms with Gasteiger partial charge in [-0.2, -0.15) is 13.2 Å². The summed E-state index contributed by atoms with van der Waals surface area (Å²) in [5, 5.41) is 2.18. The van der Waals surface area contributed by atoms with Crippen molar-refractivity contribution in [3.8, 4) is 0 Å². The minimum absolute atomic E-state index is 0.0439. The molecule has 0 saturated heterocycles. The Labute approximate surface area is 202 Å². The molecule has 3 nitrogen and oxygen atoms in total. The highest BCUT2D eigenvalue weighted by Crippen LogP contribution is 2.37. The number of benzene rings is 2. The summed E-state index contributed by atoms with van der Waals surface area (Å²) in [6.45, 7) is 11.3. The quantitative estimate of drug-likeness (QED) is 0.296. The zero-order valence-electron chi connectivity index (χ0n) is 20.7. The first-order valence-electron chi connectivity index (χ1n) is 11.6. The first kappa shape index (κ1) is 27.9. The number of amides is 1. The fourth-order valence-electron chi connectivity index (χ4n) is 3.21. The molecule has 34 heavy (non-hydrogen) atoms. The van der Waals surface area contributed by atoms with Gasteiger partial charge in [0.1, 0.15) is 0 Å². The van der Waals surface area contributed by atoms with E-state index in [0.29, 0.717) is 13.0 Å². The van der Waals surface area contributed by atoms with Crippen molar-refractivity contribution in [3.63, 3.8) is 0 Å². The number of hydrogen-bond donors (Lipinski definition) is 1. The predicted octanol–water partition coefficient (Wildman–Crippen LogP) is 6.71. The van der Waals surface area contributed by atoms with Crippen LogP contribution in [-0.2, 0) is 22.1 Å². The van der Waals surface area contributed by atoms with E-state index >= 15 is 0 Å². The van der Waals surface area contributed by atoms with E-state index in [1.807, 2.05) is 66.7 Å². The van der Waals surface area contributed by atoms with Crippen molar-refractivity contribution in [1.29, 1.82) is 0 Å². The fourth-order valence-corrected chi connectivity index (χ4v) is 4.27. The van der Waals surface area contributed by atoms with Gasteiger partial charge in [0.25, 0.3) is 0 Å². The molecule has 0 bridgehead atoms. The van der Waals surface area contributed by atoms with Crippen LogP contribution < -0.4 is 5.32 Å². The maximum absolute atomic E-state index is 12.9. The molecule has 0 fully saturated rings. The van der Waals surface area contributed by atoms with Gasteiger partial charge in [-0.3, -0.25) is 4.79 Å². The maximum atomic E-state index is 12.9. The lowest BCUT2D eigenvalue weighted by Gasteiger charge is -2.37. The molecule has 2 aromatic rings. The average Bonchev–Trinajstić information content (AvgIpc) is 2.75. The third kappa shape index (κ3) is 9.10. The molecule has 2 rings (SSSR count). The maximum Gasteiger partial charge on any atom is 0.471 e. The third-order valence-electron chi connectivity index (χ3n) is 6.29. The normalized spacial score (nSPS) is 14.7. The van der Waals surface area contributed by atoms with Crippen molar-refractivity contribution < 1.29 is 22.4 Å². The molecule has 186 valence electrons. The first-order valence-corrected chi connectivity index (χ1v) is 14.5. The van der Waals surface area contributed by atoms with Crippen LogP contribution in [0.4, 0.5) is 13.2 Å². The summed E-state index contributed by atoms with van der Waals surface area (Å²) < 4.78 is 45.3. The minimum Gasteiger partial charge on any atom is -0.416 e. The molecule has 0 heterocycles. The third-order valence-corrected chi connectivity index (χ3v) is 10.8. The number of carbonyl (C=O) groups excluding carboxylic acids is 1. The zero-order valence-corrected chi connectivity index (χ0v) is 21.7. The van der Waals surface area contributed by atoms with Gasteiger partial charge in [-0.15, -0.1) is 0 Å². The van der Waals surface area contributed by atoms with Gasteiger partial charge in [0, 0.05) is 12.5 Å². The van der Waals surface area contributed by atoms with E-state index < -0.39 is 26.4 Å². The van der Waals surface area contributed by atoms with Gasteiger partial charge >= 0.3 is 12.1 Å². The van der Waals surface area contributed by atoms with Crippen LogP contribution in [-0.4, -0.2) is 33.0 Å². The largest absolute Gasteiger partial charge is 0.471 e. The Morgan fingerprint density at radius 2 is 1.41 bits per heavy atom. The topological polar surface area (TPSA) is 38.3 Å². The Morgan fingerprint density at radius 1 is 0.912 bits per heavy atom. The molecular formula is C27H36F3NO2Si. The number of nitrogens with one attached hydrogen (secondary N) is 1. The highest BCUT2D eigenvalue weighted by molar-refractivity contribution is 6.74. The van der Waals surface area contributed by atoms with Gasteiger partial charge in [0.15, 0.2) is 8.32 Å². The Hall–Kier alpha value is -2.38. The van der Waals surface area contributed by atoms with Crippen molar-refractivity contribution in [2.45, 2.75) is 64.0 Å². The highest BCUT2D eigenvalue weighted by atomic mass is 28.4. The molecule has 1 N–H and O–H groups in total. The molecule has 0 spiro atoms. The summed E-state index contributed by atoms with van der Waals surface area (Å²) in [4.78, 5) is 11.7. The SMILES string of the molecule is CC(C)(C)[Si](C)(C)OC[C@@H](/C=C/[C@H](Cc1ccccc1)NC(=O)C(F)(F)F)Cc1ccccc1. The van der Waals surface area contributed by atoms with E-state index in [9.17, 15) is 18.0 Å². The molecule has 0 aliphatic rings. The Balaban J connectivity index is 2.25. The molecule has 0 aliphatic heterocycles. The summed E-state index contributed by atoms with van der Waals surface area (Å²) in [5.74, 6) is -1.98. The average molecular weight is 492 g/mol. The Bertz CT molecular complexity index is 922. The molecule has 0 unspecified atom stereocenters. The molecular weight excluding hydrogens is 455 g/mol. The monoisotopic (exact) mass is 491 g/mol. The van der Waals surface area contributed by atoms with Crippen LogP contribution in [0.15, 0.2) is 72.8 Å². The lowest BCUT2D eigenvalue weighted by atomic mass is 9.97. The van der Waals surface area contributed by atoms with Crippen LogP contribution in [0.25, 0.3) is 0 Å². The highest BCUT2D eigenvalue weighted by Gasteiger charge is 2.39. The summed E-state index contributed by atoms with van der Waals surface area (Å²) in [6, 6.07) is 18.3. The van der Waals surface area contributed by atoms with E-state index in [2.05, 4.69) is 39.2 Å². The van der Waals surface area contributed by atoms with Gasteiger partial charge < -0.3 is 9.74 Å². The summed E-state index contributed by atoms with van der Waals surface area (Å²) in [7, 11) is -2.01. The van der Waals surface area contributed by atoms with E-state index in [1.165, 1.54) is 0 Å². The number of alkyl halides is 3. The predicted molar refractivity (Wildman–Crippen MR) is 134 cm³/mol. The number of halogens is 3. The zero-order chi connectivity index (χ0) is 25.4. The van der Waals surface area contributed by atoms with Gasteiger partial charge in [0.2, 0.25) is 0 Å². The molecule has 2 aromatic carbocycles. The van der Waals surface area contributed by atoms with Crippen molar-refractivity contribution in [1.82, 2.24) is 5.32 Å². The Kier molecular flexibility index (Phi) is 9.70. The lowest BCUT2D eigenvalue weighted by molar-refractivity contribution is -0.174. The van der Waals surface area contributed by atoms with Crippen molar-refractivity contribution in [2.75, 3.05) is 6.61 Å². The smallest absolute Gasteiger partial charge is 0.416 e. The van der Waals surface area contributed by atoms with Crippen LogP contribution in [0.1, 0.15) is 31.9 Å². The lowest BCUT2D eigenvalue weighted by Crippen LogP contribution is -2.43. The second-order valence-corrected chi connectivity index (χ2v) is 15.0. The van der Waals surface area contributed by atoms with E-state index in [1.54, 1.807) is 6.08 Å². The molecule has 1 amide bonds. The van der Waals surface area contributed by atoms with Gasteiger partial charge in [-0.25, -0.2) is 0 Å². The molecule has 7 heteroatoms. The van der Waals surface area contributed by atoms with Crippen molar-refractivity contribution in [3.05, 3.63) is 83.9 Å². The summed E-state index contributed by atoms with van der Waals surface area (Å²) >= 11 is 0. The molecule has 0 saturated carbocycles. The molecule has 2 atom stereocenters. The summed E-state index contributed by atoms with van der Waals surface area (Å²) in [6.07, 6.45) is -0.404. The standard InChI is InChI=1S/C27H36F3NO2Si/c1-26(2,3)34(4,5)33-20-23(18-21-12-8-6-9-13-21)16-17-24(31-25(32)27(28,29)30)19-22-14-10-7-11-15-22/h6-17,23-24H,18-20H2,1-5H3,(H,31,32)/b17-16+/t23-,24+/m0/s1. The van der Waals surface area contributed by atoms with E-state index in [-0.39, 0.29) is 17.4 Å². The van der Waals surface area contributed by atoms with Gasteiger partial charge in [-0.1, -0.05) is 93.6 Å². The van der Waals surface area contributed by atoms with Gasteiger partial charge in [-0.05, 0) is 42.1 Å². The van der Waals surface area contributed by atoms with Crippen LogP contribution in [0, 0.1) is 5.92 Å². The molecule has 0 aliphatic carbocycles. The Morgan fingerprint density at radius 3 is 1.88 bits per heavy atom. The van der Waals surface area contributed by atoms with Crippen molar-refractivity contribution in [2.24, 2.45) is 5.92 Å². The van der Waals surface area contributed by atoms with Crippen molar-refractivity contribution >= 4 is 14.2 Å². The fraction of sp³-hybridized carbons (Fsp3) is 0.444. The second-order valence-electron chi connectivity index (χ2n) is 10.2. The summed E-state index contributed by atoms with van der Waals surface area (Å²) in [5.41, 5.74) is 1.96. The minimum atomic E-state index is -4.93. The van der Waals surface area contributed by atoms with Crippen LogP contribution >= 0.6 is 0 Å². The van der Waals surface area contributed by atoms with Crippen LogP contribution in [0.5, 0.6) is 0 Å². The number of carbonyl (C=O) groups is 1. The van der Waals surface area contributed by atoms with E-state index in [4.69, 9.17) is 4.43 Å².